The molecule has 0 spiro atoms. The van der Waals surface area contributed by atoms with Crippen LogP contribution >= 0.6 is 0 Å². The van der Waals surface area contributed by atoms with E-state index in [2.05, 4.69) is 0 Å². The molecule has 0 atom stereocenters. The second-order valence-corrected chi connectivity index (χ2v) is 5.42. The number of nitrogens with one attached hydrogen (secondary N) is 1. The molecular weight excluding hydrogens is 246 g/mol. The molecule has 0 unspecified atom stereocenters. The van der Waals surface area contributed by atoms with Gasteiger partial charge in [0, 0.05) is 19.6 Å². The summed E-state index contributed by atoms with van der Waals surface area (Å²) in [5.41, 5.74) is 5.32. The molecule has 3 N–H and O–H groups in total. The van der Waals surface area contributed by atoms with Gasteiger partial charge in [-0.05, 0) is 20.3 Å². The van der Waals surface area contributed by atoms with Gasteiger partial charge in [-0.15, -0.1) is 0 Å². The van der Waals surface area contributed by atoms with E-state index in [4.69, 9.17) is 10.5 Å². The van der Waals surface area contributed by atoms with Gasteiger partial charge in [-0.1, -0.05) is 6.92 Å². The van der Waals surface area contributed by atoms with Crippen molar-refractivity contribution in [3.05, 3.63) is 0 Å². The van der Waals surface area contributed by atoms with Gasteiger partial charge in [-0.3, -0.25) is 0 Å². The lowest BCUT2D eigenvalue weighted by atomic mass is 10.5. The van der Waals surface area contributed by atoms with Gasteiger partial charge in [-0.2, -0.15) is 12.7 Å². The van der Waals surface area contributed by atoms with Crippen molar-refractivity contribution in [3.63, 3.8) is 0 Å². The molecule has 0 radical (unpaired) electrons. The maximum absolute atomic E-state index is 11.8. The van der Waals surface area contributed by atoms with Gasteiger partial charge in [0.05, 0.1) is 6.10 Å². The number of amides is 1. The molecule has 0 heterocycles. The molecule has 0 bridgehead atoms. The summed E-state index contributed by atoms with van der Waals surface area (Å²) in [5.74, 6) is 0. The highest BCUT2D eigenvalue weighted by molar-refractivity contribution is 7.87. The van der Waals surface area contributed by atoms with Crippen LogP contribution in [0.2, 0.25) is 0 Å². The van der Waals surface area contributed by atoms with Crippen molar-refractivity contribution in [1.29, 1.82) is 0 Å². The van der Waals surface area contributed by atoms with E-state index >= 15 is 0 Å². The van der Waals surface area contributed by atoms with E-state index < -0.39 is 16.3 Å². The molecule has 1 amide bonds. The largest absolute Gasteiger partial charge is 0.446 e. The maximum atomic E-state index is 11.8. The third kappa shape index (κ3) is 6.44. The van der Waals surface area contributed by atoms with Gasteiger partial charge in [0.15, 0.2) is 0 Å². The van der Waals surface area contributed by atoms with E-state index in [0.717, 1.165) is 4.31 Å². The predicted octanol–water partition coefficient (Wildman–Crippen LogP) is 0.0365. The molecule has 8 heteroatoms. The molecule has 0 aliphatic rings. The van der Waals surface area contributed by atoms with Crippen molar-refractivity contribution in [2.45, 2.75) is 33.3 Å². The Bertz CT molecular complexity index is 323. The first kappa shape index (κ1) is 16.1. The van der Waals surface area contributed by atoms with Crippen LogP contribution in [0, 0.1) is 0 Å². The molecule has 102 valence electrons. The Balaban J connectivity index is 4.56. The van der Waals surface area contributed by atoms with Gasteiger partial charge in [-0.25, -0.2) is 9.52 Å². The molecular formula is C9H21N3O4S. The minimum atomic E-state index is -3.86. The topological polar surface area (TPSA) is 102 Å². The predicted molar refractivity (Wildman–Crippen MR) is 64.6 cm³/mol. The highest BCUT2D eigenvalue weighted by Gasteiger charge is 2.23. The smallest absolute Gasteiger partial charge is 0.422 e. The van der Waals surface area contributed by atoms with Crippen LogP contribution in [-0.2, 0) is 14.9 Å². The zero-order valence-electron chi connectivity index (χ0n) is 10.5. The number of hydrogen-bond donors (Lipinski definition) is 2. The maximum Gasteiger partial charge on any atom is 0.422 e. The SMILES string of the molecule is CCCN(CCN)S(=O)(=O)NC(=O)OC(C)C. The highest BCUT2D eigenvalue weighted by atomic mass is 32.2. The number of ether oxygens (including phenoxy) is 1. The lowest BCUT2D eigenvalue weighted by molar-refractivity contribution is 0.121. The van der Waals surface area contributed by atoms with Crippen molar-refractivity contribution < 1.29 is 17.9 Å². The Hall–Kier alpha value is -0.860. The van der Waals surface area contributed by atoms with Gasteiger partial charge >= 0.3 is 16.3 Å². The van der Waals surface area contributed by atoms with Crippen LogP contribution in [0.4, 0.5) is 4.79 Å². The minimum absolute atomic E-state index is 0.165. The van der Waals surface area contributed by atoms with Crippen LogP contribution < -0.4 is 10.5 Å². The third-order valence-electron chi connectivity index (χ3n) is 1.75. The minimum Gasteiger partial charge on any atom is -0.446 e. The lowest BCUT2D eigenvalue weighted by Crippen LogP contribution is -2.46. The van der Waals surface area contributed by atoms with Crippen LogP contribution in [0.1, 0.15) is 27.2 Å². The summed E-state index contributed by atoms with van der Waals surface area (Å²) < 4.78 is 31.2. The van der Waals surface area contributed by atoms with Crippen LogP contribution in [0.15, 0.2) is 0 Å². The zero-order chi connectivity index (χ0) is 13.5. The number of carbonyl (C=O) groups excluding carboxylic acids is 1. The second kappa shape index (κ2) is 7.46. The van der Waals surface area contributed by atoms with Crippen molar-refractivity contribution in [3.8, 4) is 0 Å². The first-order chi connectivity index (χ1) is 7.83. The molecule has 0 fully saturated rings. The fourth-order valence-electron chi connectivity index (χ4n) is 1.15. The van der Waals surface area contributed by atoms with E-state index in [9.17, 15) is 13.2 Å². The molecule has 0 aliphatic carbocycles. The number of nitrogens with zero attached hydrogens (tertiary/aromatic N) is 1. The van der Waals surface area contributed by atoms with Crippen molar-refractivity contribution in [2.24, 2.45) is 5.73 Å². The molecule has 0 aromatic carbocycles. The van der Waals surface area contributed by atoms with Crippen LogP contribution in [-0.4, -0.2) is 44.6 Å². The van der Waals surface area contributed by atoms with E-state index in [1.165, 1.54) is 0 Å². The summed E-state index contributed by atoms with van der Waals surface area (Å²) in [5, 5.41) is 0. The first-order valence-corrected chi connectivity index (χ1v) is 6.96. The lowest BCUT2D eigenvalue weighted by Gasteiger charge is -2.21. The number of carbonyl (C=O) groups is 1. The van der Waals surface area contributed by atoms with Crippen LogP contribution in [0.5, 0.6) is 0 Å². The Morgan fingerprint density at radius 2 is 2.00 bits per heavy atom. The first-order valence-electron chi connectivity index (χ1n) is 5.52. The van der Waals surface area contributed by atoms with Crippen molar-refractivity contribution in [2.75, 3.05) is 19.6 Å². The number of nitrogens with two attached hydrogens (primary N) is 1. The highest BCUT2D eigenvalue weighted by Crippen LogP contribution is 2.00. The Kier molecular flexibility index (Phi) is 7.09. The van der Waals surface area contributed by atoms with Gasteiger partial charge in [0.2, 0.25) is 0 Å². The zero-order valence-corrected chi connectivity index (χ0v) is 11.3. The average molecular weight is 267 g/mol. The van der Waals surface area contributed by atoms with E-state index in [-0.39, 0.29) is 19.2 Å². The van der Waals surface area contributed by atoms with Crippen LogP contribution in [0.25, 0.3) is 0 Å². The molecule has 7 nitrogen and oxygen atoms in total. The second-order valence-electron chi connectivity index (χ2n) is 3.75. The quantitative estimate of drug-likeness (QED) is 0.678. The molecule has 0 saturated carbocycles. The van der Waals surface area contributed by atoms with Crippen molar-refractivity contribution in [1.82, 2.24) is 9.03 Å². The Morgan fingerprint density at radius 3 is 2.41 bits per heavy atom. The molecule has 17 heavy (non-hydrogen) atoms. The summed E-state index contributed by atoms with van der Waals surface area (Å²) in [6, 6.07) is 0. The third-order valence-corrected chi connectivity index (χ3v) is 3.22. The monoisotopic (exact) mass is 267 g/mol. The summed E-state index contributed by atoms with van der Waals surface area (Å²) in [6.45, 7) is 5.77. The van der Waals surface area contributed by atoms with Gasteiger partial charge < -0.3 is 10.5 Å². The summed E-state index contributed by atoms with van der Waals surface area (Å²) >= 11 is 0. The molecule has 0 aromatic heterocycles. The summed E-state index contributed by atoms with van der Waals surface area (Å²) in [4.78, 5) is 11.2. The van der Waals surface area contributed by atoms with E-state index in [1.54, 1.807) is 13.8 Å². The molecule has 0 aliphatic heterocycles. The average Bonchev–Trinajstić information content (AvgIpc) is 2.14. The Morgan fingerprint density at radius 1 is 1.41 bits per heavy atom. The van der Waals surface area contributed by atoms with Crippen molar-refractivity contribution >= 4 is 16.3 Å². The number of rotatable bonds is 7. The van der Waals surface area contributed by atoms with E-state index in [1.807, 2.05) is 11.6 Å². The fraction of sp³-hybridized carbons (Fsp3) is 0.889. The number of hydrogen-bond acceptors (Lipinski definition) is 5. The fourth-order valence-corrected chi connectivity index (χ4v) is 2.31. The van der Waals surface area contributed by atoms with Gasteiger partial charge in [0.1, 0.15) is 0 Å². The molecule has 0 saturated heterocycles. The normalized spacial score (nSPS) is 11.9. The van der Waals surface area contributed by atoms with Gasteiger partial charge in [0.25, 0.3) is 0 Å². The van der Waals surface area contributed by atoms with E-state index in [0.29, 0.717) is 13.0 Å². The standard InChI is InChI=1S/C9H21N3O4S/c1-4-6-12(7-5-10)17(14,15)11-9(13)16-8(2)3/h8H,4-7,10H2,1-3H3,(H,11,13). The molecule has 0 aromatic rings. The summed E-state index contributed by atoms with van der Waals surface area (Å²) in [7, 11) is -3.86. The Labute approximate surface area is 102 Å². The molecule has 0 rings (SSSR count). The van der Waals surface area contributed by atoms with Crippen LogP contribution in [0.3, 0.4) is 0 Å². The summed E-state index contributed by atoms with van der Waals surface area (Å²) in [6.07, 6.45) is -0.711.